The lowest BCUT2D eigenvalue weighted by Crippen LogP contribution is -2.49. The summed E-state index contributed by atoms with van der Waals surface area (Å²) in [6.07, 6.45) is 4.33. The molecular weight excluding hydrogens is 262 g/mol. The Bertz CT molecular complexity index is 628. The molecule has 0 spiro atoms. The second-order valence-corrected chi connectivity index (χ2v) is 5.84. The third-order valence-corrected chi connectivity index (χ3v) is 4.58. The Labute approximate surface area is 125 Å². The zero-order chi connectivity index (χ0) is 14.8. The molecule has 2 atom stereocenters. The normalized spacial score (nSPS) is 22.5. The Morgan fingerprint density at radius 1 is 1.38 bits per heavy atom. The third kappa shape index (κ3) is 2.56. The van der Waals surface area contributed by atoms with E-state index < -0.39 is 0 Å². The molecule has 1 saturated heterocycles. The number of aromatic nitrogens is 1. The van der Waals surface area contributed by atoms with Crippen LogP contribution in [0, 0.1) is 5.92 Å². The number of hydrogen-bond donors (Lipinski definition) is 1. The molecule has 0 bridgehead atoms. The van der Waals surface area contributed by atoms with Crippen LogP contribution >= 0.6 is 0 Å². The van der Waals surface area contributed by atoms with Crippen LogP contribution in [0.3, 0.4) is 0 Å². The maximum absolute atomic E-state index is 6.02. The lowest BCUT2D eigenvalue weighted by Gasteiger charge is -2.40. The molecule has 2 aromatic rings. The predicted molar refractivity (Wildman–Crippen MR) is 86.9 cm³/mol. The summed E-state index contributed by atoms with van der Waals surface area (Å²) in [5.41, 5.74) is 6.02. The maximum Gasteiger partial charge on any atom is 0.136 e. The fourth-order valence-electron chi connectivity index (χ4n) is 3.37. The summed E-state index contributed by atoms with van der Waals surface area (Å²) in [4.78, 5) is 7.04. The molecule has 0 amide bonds. The maximum atomic E-state index is 6.02. The van der Waals surface area contributed by atoms with Gasteiger partial charge in [-0.05, 0) is 48.4 Å². The topological polar surface area (TPSA) is 51.4 Å². The molecule has 112 valence electrons. The minimum Gasteiger partial charge on any atom is -0.497 e. The molecule has 21 heavy (non-hydrogen) atoms. The van der Waals surface area contributed by atoms with Crippen molar-refractivity contribution in [3.05, 3.63) is 30.5 Å². The van der Waals surface area contributed by atoms with Crippen molar-refractivity contribution < 1.29 is 4.74 Å². The fraction of sp³-hybridized carbons (Fsp3) is 0.471. The summed E-state index contributed by atoms with van der Waals surface area (Å²) in [6, 6.07) is 8.57. The van der Waals surface area contributed by atoms with Gasteiger partial charge >= 0.3 is 0 Å². The zero-order valence-electron chi connectivity index (χ0n) is 12.7. The number of piperidine rings is 1. The molecule has 0 saturated carbocycles. The van der Waals surface area contributed by atoms with Crippen LogP contribution < -0.4 is 15.4 Å². The lowest BCUT2D eigenvalue weighted by molar-refractivity contribution is 0.348. The molecule has 1 aliphatic rings. The number of nitrogens with zero attached hydrogens (tertiary/aromatic N) is 2. The Hall–Kier alpha value is -1.81. The van der Waals surface area contributed by atoms with E-state index in [-0.39, 0.29) is 0 Å². The minimum absolute atomic E-state index is 0.374. The number of rotatable bonds is 3. The van der Waals surface area contributed by atoms with Crippen LogP contribution in [0.4, 0.5) is 5.82 Å². The van der Waals surface area contributed by atoms with Crippen molar-refractivity contribution >= 4 is 16.6 Å². The average molecular weight is 285 g/mol. The van der Waals surface area contributed by atoms with Gasteiger partial charge < -0.3 is 15.4 Å². The first-order valence-electron chi connectivity index (χ1n) is 7.64. The number of nitrogens with two attached hydrogens (primary N) is 1. The summed E-state index contributed by atoms with van der Waals surface area (Å²) >= 11 is 0. The van der Waals surface area contributed by atoms with E-state index in [0.717, 1.165) is 23.5 Å². The smallest absolute Gasteiger partial charge is 0.136 e. The van der Waals surface area contributed by atoms with Crippen LogP contribution in [0.25, 0.3) is 10.8 Å². The van der Waals surface area contributed by atoms with Gasteiger partial charge in [-0.3, -0.25) is 0 Å². The quantitative estimate of drug-likeness (QED) is 0.942. The molecule has 1 aliphatic heterocycles. The summed E-state index contributed by atoms with van der Waals surface area (Å²) in [5.74, 6) is 2.54. The number of anilines is 1. The van der Waals surface area contributed by atoms with Crippen molar-refractivity contribution in [2.24, 2.45) is 11.7 Å². The molecule has 4 nitrogen and oxygen atoms in total. The van der Waals surface area contributed by atoms with Crippen molar-refractivity contribution in [2.45, 2.75) is 25.8 Å². The van der Waals surface area contributed by atoms with Crippen LogP contribution in [0.2, 0.25) is 0 Å². The number of benzene rings is 1. The highest BCUT2D eigenvalue weighted by Crippen LogP contribution is 2.33. The standard InChI is InChI=1S/C17H23N3O/c1-12-4-3-9-20(16(12)11-18)17-15-6-5-14(21-2)10-13(15)7-8-19-17/h5-8,10,12,16H,3-4,9,11,18H2,1-2H3. The number of methoxy groups -OCH3 is 1. The molecule has 3 rings (SSSR count). The monoisotopic (exact) mass is 285 g/mol. The van der Waals surface area contributed by atoms with E-state index in [9.17, 15) is 0 Å². The van der Waals surface area contributed by atoms with Gasteiger partial charge in [0.25, 0.3) is 0 Å². The Kier molecular flexibility index (Phi) is 3.97. The Balaban J connectivity index is 2.06. The predicted octanol–water partition coefficient (Wildman–Crippen LogP) is 2.81. The van der Waals surface area contributed by atoms with Crippen LogP contribution in [0.15, 0.2) is 30.5 Å². The highest BCUT2D eigenvalue weighted by atomic mass is 16.5. The average Bonchev–Trinajstić information content (AvgIpc) is 2.53. The van der Waals surface area contributed by atoms with E-state index >= 15 is 0 Å². The molecule has 0 radical (unpaired) electrons. The van der Waals surface area contributed by atoms with Crippen LogP contribution in [0.5, 0.6) is 5.75 Å². The lowest BCUT2D eigenvalue weighted by atomic mass is 9.90. The van der Waals surface area contributed by atoms with Gasteiger partial charge in [-0.1, -0.05) is 6.92 Å². The SMILES string of the molecule is COc1ccc2c(N3CCCC(C)C3CN)nccc2c1. The second kappa shape index (κ2) is 5.90. The Morgan fingerprint density at radius 3 is 3.00 bits per heavy atom. The first-order chi connectivity index (χ1) is 10.2. The second-order valence-electron chi connectivity index (χ2n) is 5.84. The van der Waals surface area contributed by atoms with E-state index in [1.165, 1.54) is 18.2 Å². The van der Waals surface area contributed by atoms with E-state index in [4.69, 9.17) is 10.5 Å². The van der Waals surface area contributed by atoms with Crippen LogP contribution in [-0.4, -0.2) is 31.2 Å². The van der Waals surface area contributed by atoms with Gasteiger partial charge in [0.15, 0.2) is 0 Å². The highest BCUT2D eigenvalue weighted by Gasteiger charge is 2.29. The van der Waals surface area contributed by atoms with Gasteiger partial charge in [0.1, 0.15) is 11.6 Å². The van der Waals surface area contributed by atoms with Gasteiger partial charge in [0.05, 0.1) is 7.11 Å². The minimum atomic E-state index is 0.374. The largest absolute Gasteiger partial charge is 0.497 e. The van der Waals surface area contributed by atoms with Crippen molar-refractivity contribution in [1.82, 2.24) is 4.98 Å². The number of ether oxygens (including phenoxy) is 1. The van der Waals surface area contributed by atoms with Gasteiger partial charge in [-0.25, -0.2) is 4.98 Å². The first-order valence-corrected chi connectivity index (χ1v) is 7.64. The van der Waals surface area contributed by atoms with Crippen molar-refractivity contribution in [2.75, 3.05) is 25.1 Å². The van der Waals surface area contributed by atoms with Crippen LogP contribution in [-0.2, 0) is 0 Å². The van der Waals surface area contributed by atoms with Crippen molar-refractivity contribution in [3.63, 3.8) is 0 Å². The molecule has 1 fully saturated rings. The first kappa shape index (κ1) is 14.1. The molecule has 4 heteroatoms. The van der Waals surface area contributed by atoms with E-state index in [2.05, 4.69) is 28.9 Å². The van der Waals surface area contributed by atoms with E-state index in [1.54, 1.807) is 7.11 Å². The fourth-order valence-corrected chi connectivity index (χ4v) is 3.37. The molecule has 2 unspecified atom stereocenters. The zero-order valence-corrected chi connectivity index (χ0v) is 12.7. The number of hydrogen-bond acceptors (Lipinski definition) is 4. The van der Waals surface area contributed by atoms with Crippen molar-refractivity contribution in [1.29, 1.82) is 0 Å². The molecular formula is C17H23N3O. The summed E-state index contributed by atoms with van der Waals surface area (Å²) in [7, 11) is 1.69. The highest BCUT2D eigenvalue weighted by molar-refractivity contribution is 5.93. The molecule has 1 aromatic heterocycles. The van der Waals surface area contributed by atoms with E-state index in [1.807, 2.05) is 18.3 Å². The van der Waals surface area contributed by atoms with Gasteiger partial charge in [-0.15, -0.1) is 0 Å². The van der Waals surface area contributed by atoms with Crippen LogP contribution in [0.1, 0.15) is 19.8 Å². The third-order valence-electron chi connectivity index (χ3n) is 4.58. The molecule has 1 aromatic carbocycles. The number of pyridine rings is 1. The molecule has 0 aliphatic carbocycles. The van der Waals surface area contributed by atoms with Gasteiger partial charge in [0, 0.05) is 30.7 Å². The summed E-state index contributed by atoms with van der Waals surface area (Å²) < 4.78 is 5.31. The summed E-state index contributed by atoms with van der Waals surface area (Å²) in [6.45, 7) is 4.00. The van der Waals surface area contributed by atoms with E-state index in [0.29, 0.717) is 18.5 Å². The molecule has 2 heterocycles. The Morgan fingerprint density at radius 2 is 2.24 bits per heavy atom. The summed E-state index contributed by atoms with van der Waals surface area (Å²) in [5, 5.41) is 2.33. The number of fused-ring (bicyclic) bond motifs is 1. The van der Waals surface area contributed by atoms with Gasteiger partial charge in [0.2, 0.25) is 0 Å². The molecule has 2 N–H and O–H groups in total. The van der Waals surface area contributed by atoms with Gasteiger partial charge in [-0.2, -0.15) is 0 Å². The van der Waals surface area contributed by atoms with Crippen molar-refractivity contribution in [3.8, 4) is 5.75 Å².